The van der Waals surface area contributed by atoms with Crippen molar-refractivity contribution in [2.75, 3.05) is 0 Å². The molecule has 10 heterocycles. The summed E-state index contributed by atoms with van der Waals surface area (Å²) in [6.45, 7) is 0. The van der Waals surface area contributed by atoms with Gasteiger partial charge in [0.25, 0.3) is 0 Å². The Labute approximate surface area is 699 Å². The second-order valence-corrected chi connectivity index (χ2v) is 35.5. The monoisotopic (exact) mass is 1600 g/mol. The van der Waals surface area contributed by atoms with Crippen molar-refractivity contribution in [3.05, 3.63) is 365 Å². The first kappa shape index (κ1) is 66.4. The Balaban J connectivity index is 0.000000127. The third-order valence-electron chi connectivity index (χ3n) is 25.2. The summed E-state index contributed by atoms with van der Waals surface area (Å²) in [7, 11) is 0. The van der Waals surface area contributed by atoms with E-state index in [9.17, 15) is 0 Å². The predicted octanol–water partition coefficient (Wildman–Crippen LogP) is 30.8. The number of aromatic nitrogens is 8. The summed E-state index contributed by atoms with van der Waals surface area (Å²) in [6.07, 6.45) is 7.33. The fraction of sp³-hybridized carbons (Fsp3) is 0. The van der Waals surface area contributed by atoms with Crippen molar-refractivity contribution >= 4 is 256 Å². The second kappa shape index (κ2) is 25.4. The SMILES string of the molecule is c1ccc(-n2c3ccc(-c4ccc5c(c4)c4c6ccccc6c6c7ccccc7sc6c4n5-c4ccccc4)cc3c3c4ccccc4c4c5ccccc5sc4c32)cc1.c1cnc(-n2c3ccc(-c4ccc5c(c4)c4c6ccccc6c6c7ccccc7sc6c4n5-c4ncccn4)cc3c3c4ccccc4c4c5ccccc5sc4c32)nc1. The summed E-state index contributed by atoms with van der Waals surface area (Å²) < 4.78 is 19.9. The Morgan fingerprint density at radius 1 is 0.175 bits per heavy atom. The lowest BCUT2D eigenvalue weighted by atomic mass is 9.96. The number of rotatable bonds is 6. The maximum absolute atomic E-state index is 4.84. The zero-order valence-electron chi connectivity index (χ0n) is 63.9. The van der Waals surface area contributed by atoms with Gasteiger partial charge in [0.1, 0.15) is 0 Å². The number of hydrogen-bond donors (Lipinski definition) is 0. The molecule has 0 atom stereocenters. The van der Waals surface area contributed by atoms with Crippen LogP contribution < -0.4 is 0 Å². The van der Waals surface area contributed by atoms with Crippen LogP contribution in [0.2, 0.25) is 0 Å². The first-order valence-electron chi connectivity index (χ1n) is 40.5. The molecule has 12 heteroatoms. The van der Waals surface area contributed by atoms with Gasteiger partial charge in [0.05, 0.1) is 62.9 Å². The van der Waals surface area contributed by atoms with Crippen molar-refractivity contribution < 1.29 is 0 Å². The number of benzene rings is 18. The Hall–Kier alpha value is -14.8. The summed E-state index contributed by atoms with van der Waals surface area (Å²) in [5, 5.41) is 30.5. The van der Waals surface area contributed by atoms with E-state index in [1.54, 1.807) is 0 Å². The van der Waals surface area contributed by atoms with E-state index in [2.05, 4.69) is 346 Å². The Morgan fingerprint density at radius 2 is 0.392 bits per heavy atom. The van der Waals surface area contributed by atoms with Crippen LogP contribution in [0.1, 0.15) is 0 Å². The molecule has 10 aromatic heterocycles. The molecule has 0 radical (unpaired) electrons. The standard InChI is InChI=1S/C56H32N2S2.C52H28N6S2/c1-3-15-35(16-4-1)57-45-29-27-33(31-43(45)49-37-19-7-9-21-39(37)51-41-23-11-13-25-47(41)59-55(51)53(49)57)34-28-30-46-44(32-34)50-38-20-8-10-22-40(38)52-42-24-12-14-26-48(42)60-56(52)54(50)58(46)36-17-5-2-6-18-36;1-3-13-33-31(11-1)43-37-27-29(19-21-39(37)57(51-53-23-9-24-54-51)47(43)49-45(33)35-15-5-7-17-41(35)59-49)30-20-22-40-38(28-30)44-32-12-2-4-14-34(32)46-36-16-6-8-18-42(36)60-50(46)48(44)58(40)52-55-25-10-26-56-52/h1-32H;1-28H. The molecule has 0 aliphatic heterocycles. The normalized spacial score (nSPS) is 12.3. The van der Waals surface area contributed by atoms with E-state index in [-0.39, 0.29) is 0 Å². The van der Waals surface area contributed by atoms with Crippen LogP contribution in [0.4, 0.5) is 0 Å². The lowest BCUT2D eigenvalue weighted by Crippen LogP contribution is -2.00. The summed E-state index contributed by atoms with van der Waals surface area (Å²) in [5.41, 5.74) is 16.5. The molecule has 556 valence electrons. The largest absolute Gasteiger partial charge is 0.308 e. The van der Waals surface area contributed by atoms with Gasteiger partial charge in [-0.15, -0.1) is 45.3 Å². The smallest absolute Gasteiger partial charge is 0.234 e. The minimum absolute atomic E-state index is 0.663. The molecule has 0 saturated carbocycles. The quantitative estimate of drug-likeness (QED) is 0.166. The van der Waals surface area contributed by atoms with Gasteiger partial charge < -0.3 is 9.13 Å². The average Bonchev–Trinajstić information content (AvgIpc) is 1.55. The van der Waals surface area contributed by atoms with Gasteiger partial charge in [0, 0.05) is 141 Å². The first-order chi connectivity index (χ1) is 59.6. The first-order valence-corrected chi connectivity index (χ1v) is 43.7. The average molecular weight is 1600 g/mol. The van der Waals surface area contributed by atoms with E-state index < -0.39 is 0 Å². The van der Waals surface area contributed by atoms with Gasteiger partial charge in [-0.2, -0.15) is 0 Å². The van der Waals surface area contributed by atoms with Crippen molar-refractivity contribution in [3.63, 3.8) is 0 Å². The van der Waals surface area contributed by atoms with Gasteiger partial charge in [0.2, 0.25) is 11.9 Å². The van der Waals surface area contributed by atoms with Crippen molar-refractivity contribution in [1.82, 2.24) is 38.2 Å². The van der Waals surface area contributed by atoms with Gasteiger partial charge in [-0.25, -0.2) is 19.9 Å². The molecule has 28 rings (SSSR count). The van der Waals surface area contributed by atoms with E-state index in [1.807, 2.05) is 82.3 Å². The second-order valence-electron chi connectivity index (χ2n) is 31.3. The summed E-state index contributed by atoms with van der Waals surface area (Å²) in [6, 6.07) is 125. The molecule has 0 aliphatic carbocycles. The van der Waals surface area contributed by atoms with Gasteiger partial charge in [0.15, 0.2) is 0 Å². The van der Waals surface area contributed by atoms with Crippen molar-refractivity contribution in [1.29, 1.82) is 0 Å². The number of thiophene rings is 4. The highest BCUT2D eigenvalue weighted by Crippen LogP contribution is 2.55. The maximum Gasteiger partial charge on any atom is 0.234 e. The molecule has 0 saturated heterocycles. The molecule has 0 bridgehead atoms. The molecule has 0 fully saturated rings. The van der Waals surface area contributed by atoms with E-state index >= 15 is 0 Å². The van der Waals surface area contributed by atoms with E-state index in [0.29, 0.717) is 11.9 Å². The summed E-state index contributed by atoms with van der Waals surface area (Å²) in [4.78, 5) is 19.4. The lowest BCUT2D eigenvalue weighted by Gasteiger charge is -2.10. The van der Waals surface area contributed by atoms with Gasteiger partial charge in [-0.05, 0) is 175 Å². The van der Waals surface area contributed by atoms with Gasteiger partial charge in [-0.3, -0.25) is 9.13 Å². The van der Waals surface area contributed by atoms with Crippen LogP contribution in [0.25, 0.3) is 257 Å². The fourth-order valence-corrected chi connectivity index (χ4v) is 25.4. The minimum Gasteiger partial charge on any atom is -0.308 e. The zero-order valence-corrected chi connectivity index (χ0v) is 67.1. The zero-order chi connectivity index (χ0) is 78.1. The molecule has 28 aromatic rings. The molecular formula is C108H60N8S4. The molecule has 0 unspecified atom stereocenters. The number of nitrogens with zero attached hydrogens (tertiary/aromatic N) is 8. The number of para-hydroxylation sites is 2. The van der Waals surface area contributed by atoms with Crippen LogP contribution in [0.15, 0.2) is 365 Å². The number of hydrogen-bond acceptors (Lipinski definition) is 8. The Bertz CT molecular complexity index is 8230. The van der Waals surface area contributed by atoms with Crippen molar-refractivity contribution in [3.8, 4) is 45.5 Å². The van der Waals surface area contributed by atoms with E-state index in [1.165, 1.54) is 211 Å². The highest BCUT2D eigenvalue weighted by molar-refractivity contribution is 7.28. The van der Waals surface area contributed by atoms with Gasteiger partial charge >= 0.3 is 0 Å². The molecule has 0 N–H and O–H groups in total. The van der Waals surface area contributed by atoms with Crippen molar-refractivity contribution in [2.24, 2.45) is 0 Å². The van der Waals surface area contributed by atoms with E-state index in [0.717, 1.165) is 33.2 Å². The molecular weight excluding hydrogens is 1540 g/mol. The van der Waals surface area contributed by atoms with Crippen LogP contribution in [-0.2, 0) is 0 Å². The molecule has 120 heavy (non-hydrogen) atoms. The van der Waals surface area contributed by atoms with Gasteiger partial charge in [-0.1, -0.05) is 231 Å². The van der Waals surface area contributed by atoms with Crippen LogP contribution in [0, 0.1) is 0 Å². The Kier molecular flexibility index (Phi) is 14.0. The molecule has 0 aliphatic rings. The molecule has 0 amide bonds. The predicted molar refractivity (Wildman–Crippen MR) is 514 cm³/mol. The summed E-state index contributed by atoms with van der Waals surface area (Å²) in [5.74, 6) is 1.33. The molecule has 18 aromatic carbocycles. The molecule has 8 nitrogen and oxygen atoms in total. The maximum atomic E-state index is 4.84. The van der Waals surface area contributed by atoms with Crippen LogP contribution in [0.3, 0.4) is 0 Å². The van der Waals surface area contributed by atoms with Crippen LogP contribution >= 0.6 is 45.3 Å². The topological polar surface area (TPSA) is 71.3 Å². The lowest BCUT2D eigenvalue weighted by molar-refractivity contribution is 0.991. The fourth-order valence-electron chi connectivity index (χ4n) is 20.3. The summed E-state index contributed by atoms with van der Waals surface area (Å²) >= 11 is 7.52. The third kappa shape index (κ3) is 9.27. The van der Waals surface area contributed by atoms with Crippen molar-refractivity contribution in [2.45, 2.75) is 0 Å². The number of fused-ring (bicyclic) bond motifs is 40. The van der Waals surface area contributed by atoms with E-state index in [4.69, 9.17) is 19.9 Å². The van der Waals surface area contributed by atoms with Crippen LogP contribution in [-0.4, -0.2) is 38.2 Å². The third-order valence-corrected chi connectivity index (χ3v) is 29.9. The minimum atomic E-state index is 0.663. The highest BCUT2D eigenvalue weighted by Gasteiger charge is 2.29. The highest BCUT2D eigenvalue weighted by atomic mass is 32.1. The molecule has 0 spiro atoms. The van der Waals surface area contributed by atoms with Crippen LogP contribution in [0.5, 0.6) is 0 Å². The Morgan fingerprint density at radius 3 is 0.658 bits per heavy atom.